The third-order valence-corrected chi connectivity index (χ3v) is 3.00. The van der Waals surface area contributed by atoms with Crippen LogP contribution in [0.2, 0.25) is 10.0 Å². The molecule has 0 saturated heterocycles. The summed E-state index contributed by atoms with van der Waals surface area (Å²) in [7, 11) is 0. The Hall–Kier alpha value is -1.89. The lowest BCUT2D eigenvalue weighted by Crippen LogP contribution is -2.17. The van der Waals surface area contributed by atoms with Crippen molar-refractivity contribution in [3.05, 3.63) is 51.9 Å². The van der Waals surface area contributed by atoms with Crippen molar-refractivity contribution in [2.75, 3.05) is 10.7 Å². The van der Waals surface area contributed by atoms with E-state index in [9.17, 15) is 9.18 Å². The standard InChI is InChI=1S/C12H9Cl2FN4O/c13-6-1-2-9(8(14)5-6)18-12(20)7-3-4-17-11(19-16)10(7)15/h1-5H,16H2,(H,17,19)(H,18,20). The van der Waals surface area contributed by atoms with Crippen molar-refractivity contribution >= 4 is 40.6 Å². The van der Waals surface area contributed by atoms with Crippen LogP contribution in [0.4, 0.5) is 15.9 Å². The molecule has 2 rings (SSSR count). The van der Waals surface area contributed by atoms with Gasteiger partial charge in [-0.3, -0.25) is 4.79 Å². The average molecular weight is 315 g/mol. The number of hydrazine groups is 1. The van der Waals surface area contributed by atoms with Gasteiger partial charge in [-0.15, -0.1) is 0 Å². The Morgan fingerprint density at radius 3 is 2.70 bits per heavy atom. The molecule has 0 unspecified atom stereocenters. The summed E-state index contributed by atoms with van der Waals surface area (Å²) in [6, 6.07) is 5.77. The van der Waals surface area contributed by atoms with Gasteiger partial charge in [0.25, 0.3) is 5.91 Å². The highest BCUT2D eigenvalue weighted by atomic mass is 35.5. The Balaban J connectivity index is 2.28. The molecule has 1 heterocycles. The van der Waals surface area contributed by atoms with E-state index in [0.717, 1.165) is 0 Å². The number of carbonyl (C=O) groups is 1. The van der Waals surface area contributed by atoms with Gasteiger partial charge in [0, 0.05) is 11.2 Å². The number of halogens is 3. The number of nitrogens with two attached hydrogens (primary N) is 1. The third kappa shape index (κ3) is 2.98. The number of nitrogens with one attached hydrogen (secondary N) is 2. The van der Waals surface area contributed by atoms with E-state index in [1.807, 2.05) is 0 Å². The summed E-state index contributed by atoms with van der Waals surface area (Å²) < 4.78 is 13.9. The zero-order valence-corrected chi connectivity index (χ0v) is 11.5. The molecule has 1 aromatic heterocycles. The van der Waals surface area contributed by atoms with Gasteiger partial charge in [-0.05, 0) is 24.3 Å². The lowest BCUT2D eigenvalue weighted by atomic mass is 10.2. The maximum atomic E-state index is 13.9. The van der Waals surface area contributed by atoms with Crippen molar-refractivity contribution in [2.45, 2.75) is 0 Å². The van der Waals surface area contributed by atoms with Crippen molar-refractivity contribution < 1.29 is 9.18 Å². The molecule has 0 aliphatic carbocycles. The van der Waals surface area contributed by atoms with Crippen LogP contribution in [0.1, 0.15) is 10.4 Å². The van der Waals surface area contributed by atoms with Gasteiger partial charge in [-0.25, -0.2) is 15.2 Å². The van der Waals surface area contributed by atoms with Crippen molar-refractivity contribution in [1.82, 2.24) is 4.98 Å². The van der Waals surface area contributed by atoms with Gasteiger partial charge in [-0.1, -0.05) is 23.2 Å². The number of hydrogen-bond acceptors (Lipinski definition) is 4. The largest absolute Gasteiger partial charge is 0.321 e. The van der Waals surface area contributed by atoms with E-state index in [2.05, 4.69) is 15.7 Å². The van der Waals surface area contributed by atoms with E-state index in [4.69, 9.17) is 29.0 Å². The summed E-state index contributed by atoms with van der Waals surface area (Å²) in [4.78, 5) is 15.6. The van der Waals surface area contributed by atoms with Crippen LogP contribution in [0.15, 0.2) is 30.5 Å². The second-order valence-electron chi connectivity index (χ2n) is 3.74. The van der Waals surface area contributed by atoms with Gasteiger partial charge >= 0.3 is 0 Å². The van der Waals surface area contributed by atoms with Crippen LogP contribution in [-0.4, -0.2) is 10.9 Å². The van der Waals surface area contributed by atoms with Crippen molar-refractivity contribution in [1.29, 1.82) is 0 Å². The molecule has 5 nitrogen and oxygen atoms in total. The number of amides is 1. The molecule has 0 saturated carbocycles. The minimum atomic E-state index is -0.849. The van der Waals surface area contributed by atoms with E-state index in [-0.39, 0.29) is 16.4 Å². The van der Waals surface area contributed by atoms with Gasteiger partial charge < -0.3 is 10.7 Å². The SMILES string of the molecule is NNc1nccc(C(=O)Nc2ccc(Cl)cc2Cl)c1F. The van der Waals surface area contributed by atoms with E-state index in [0.29, 0.717) is 10.7 Å². The summed E-state index contributed by atoms with van der Waals surface area (Å²) >= 11 is 11.7. The monoisotopic (exact) mass is 314 g/mol. The predicted octanol–water partition coefficient (Wildman–Crippen LogP) is 3.07. The minimum absolute atomic E-state index is 0.209. The van der Waals surface area contributed by atoms with Crippen molar-refractivity contribution in [2.24, 2.45) is 5.84 Å². The molecule has 104 valence electrons. The second-order valence-corrected chi connectivity index (χ2v) is 4.59. The molecule has 4 N–H and O–H groups in total. The maximum absolute atomic E-state index is 13.9. The second kappa shape index (κ2) is 6.04. The molecular weight excluding hydrogens is 306 g/mol. The van der Waals surface area contributed by atoms with Crippen LogP contribution in [0.5, 0.6) is 0 Å². The molecule has 8 heteroatoms. The first-order valence-electron chi connectivity index (χ1n) is 5.40. The van der Waals surface area contributed by atoms with Crippen LogP contribution in [-0.2, 0) is 0 Å². The fourth-order valence-corrected chi connectivity index (χ4v) is 1.96. The summed E-state index contributed by atoms with van der Waals surface area (Å²) in [6.07, 6.45) is 1.26. The average Bonchev–Trinajstić information content (AvgIpc) is 2.42. The van der Waals surface area contributed by atoms with Gasteiger partial charge in [-0.2, -0.15) is 0 Å². The van der Waals surface area contributed by atoms with E-state index in [1.54, 1.807) is 6.07 Å². The van der Waals surface area contributed by atoms with E-state index >= 15 is 0 Å². The number of pyridine rings is 1. The highest BCUT2D eigenvalue weighted by Crippen LogP contribution is 2.26. The number of nitrogens with zero attached hydrogens (tertiary/aromatic N) is 1. The van der Waals surface area contributed by atoms with E-state index < -0.39 is 11.7 Å². The molecule has 0 radical (unpaired) electrons. The quantitative estimate of drug-likeness (QED) is 0.601. The topological polar surface area (TPSA) is 80.0 Å². The molecule has 20 heavy (non-hydrogen) atoms. The lowest BCUT2D eigenvalue weighted by molar-refractivity contribution is 0.102. The molecule has 0 atom stereocenters. The van der Waals surface area contributed by atoms with Gasteiger partial charge in [0.15, 0.2) is 11.6 Å². The summed E-state index contributed by atoms with van der Waals surface area (Å²) in [6.45, 7) is 0. The molecule has 0 aliphatic heterocycles. The number of anilines is 2. The molecule has 0 spiro atoms. The van der Waals surface area contributed by atoms with Gasteiger partial charge in [0.2, 0.25) is 0 Å². The molecule has 0 fully saturated rings. The summed E-state index contributed by atoms with van der Waals surface area (Å²) in [5, 5.41) is 3.16. The van der Waals surface area contributed by atoms with E-state index in [1.165, 1.54) is 24.4 Å². The molecule has 1 aromatic carbocycles. The third-order valence-electron chi connectivity index (χ3n) is 2.45. The molecular formula is C12H9Cl2FN4O. The smallest absolute Gasteiger partial charge is 0.258 e. The maximum Gasteiger partial charge on any atom is 0.258 e. The van der Waals surface area contributed by atoms with Crippen LogP contribution < -0.4 is 16.6 Å². The number of carbonyl (C=O) groups excluding carboxylic acids is 1. The van der Waals surface area contributed by atoms with Crippen molar-refractivity contribution in [3.8, 4) is 0 Å². The van der Waals surface area contributed by atoms with Gasteiger partial charge in [0.1, 0.15) is 0 Å². The Morgan fingerprint density at radius 1 is 1.30 bits per heavy atom. The first kappa shape index (κ1) is 14.5. The first-order chi connectivity index (χ1) is 9.52. The first-order valence-corrected chi connectivity index (χ1v) is 6.16. The Bertz CT molecular complexity index is 666. The molecule has 1 amide bonds. The summed E-state index contributed by atoms with van der Waals surface area (Å²) in [5.41, 5.74) is 2.17. The Morgan fingerprint density at radius 2 is 2.05 bits per heavy atom. The molecule has 0 bridgehead atoms. The fourth-order valence-electron chi connectivity index (χ4n) is 1.50. The Labute approximate surface area is 123 Å². The molecule has 2 aromatic rings. The van der Waals surface area contributed by atoms with Crippen LogP contribution in [0.3, 0.4) is 0 Å². The van der Waals surface area contributed by atoms with Crippen LogP contribution >= 0.6 is 23.2 Å². The Kier molecular flexibility index (Phi) is 4.39. The number of hydrogen-bond donors (Lipinski definition) is 3. The summed E-state index contributed by atoms with van der Waals surface area (Å²) in [5.74, 6) is 3.35. The predicted molar refractivity (Wildman–Crippen MR) is 76.4 cm³/mol. The molecule has 0 aliphatic rings. The van der Waals surface area contributed by atoms with Crippen molar-refractivity contribution in [3.63, 3.8) is 0 Å². The van der Waals surface area contributed by atoms with Crippen LogP contribution in [0.25, 0.3) is 0 Å². The number of aromatic nitrogens is 1. The zero-order valence-electron chi connectivity index (χ0n) is 9.95. The number of rotatable bonds is 3. The van der Waals surface area contributed by atoms with Crippen LogP contribution in [0, 0.1) is 5.82 Å². The highest BCUT2D eigenvalue weighted by Gasteiger charge is 2.16. The lowest BCUT2D eigenvalue weighted by Gasteiger charge is -2.09. The highest BCUT2D eigenvalue weighted by molar-refractivity contribution is 6.36. The number of benzene rings is 1. The fraction of sp³-hybridized carbons (Fsp3) is 0. The van der Waals surface area contributed by atoms with Gasteiger partial charge in [0.05, 0.1) is 16.3 Å². The number of nitrogen functional groups attached to an aromatic ring is 1. The zero-order chi connectivity index (χ0) is 14.7. The minimum Gasteiger partial charge on any atom is -0.321 e. The normalized spacial score (nSPS) is 10.2.